The zero-order chi connectivity index (χ0) is 22.1. The Balaban J connectivity index is 2.28. The highest BCUT2D eigenvalue weighted by Crippen LogP contribution is 2.17. The fourth-order valence-electron chi connectivity index (χ4n) is 3.57. The molecule has 0 aliphatic carbocycles. The molecule has 2 rings (SSSR count). The van der Waals surface area contributed by atoms with Crippen LogP contribution in [0.1, 0.15) is 60.9 Å². The second-order valence-electron chi connectivity index (χ2n) is 8.18. The van der Waals surface area contributed by atoms with Gasteiger partial charge in [0.05, 0.1) is 6.42 Å². The predicted octanol–water partition coefficient (Wildman–Crippen LogP) is 4.88. The molecule has 0 spiro atoms. The van der Waals surface area contributed by atoms with Gasteiger partial charge in [0.25, 0.3) is 0 Å². The van der Waals surface area contributed by atoms with Crippen molar-refractivity contribution < 1.29 is 9.59 Å². The number of nitrogens with one attached hydrogen (secondary N) is 1. The Morgan fingerprint density at radius 1 is 0.967 bits per heavy atom. The van der Waals surface area contributed by atoms with E-state index in [2.05, 4.69) is 30.4 Å². The average molecular weight is 409 g/mol. The molecular weight excluding hydrogens is 372 g/mol. The van der Waals surface area contributed by atoms with Crippen LogP contribution < -0.4 is 5.32 Å². The molecule has 2 aromatic carbocycles. The first-order valence-corrected chi connectivity index (χ1v) is 11.0. The Morgan fingerprint density at radius 2 is 1.63 bits per heavy atom. The Hall–Kier alpha value is -2.62. The van der Waals surface area contributed by atoms with Crippen LogP contribution in [0.2, 0.25) is 0 Å². The summed E-state index contributed by atoms with van der Waals surface area (Å²) < 4.78 is 0. The van der Waals surface area contributed by atoms with Gasteiger partial charge in [-0.3, -0.25) is 9.59 Å². The molecule has 2 aromatic rings. The van der Waals surface area contributed by atoms with Gasteiger partial charge in [0, 0.05) is 13.1 Å². The molecule has 1 unspecified atom stereocenters. The van der Waals surface area contributed by atoms with Crippen molar-refractivity contribution in [3.05, 3.63) is 70.3 Å². The van der Waals surface area contributed by atoms with Crippen LogP contribution in [0, 0.1) is 20.8 Å². The lowest BCUT2D eigenvalue weighted by atomic mass is 10.0. The largest absolute Gasteiger partial charge is 0.354 e. The van der Waals surface area contributed by atoms with Crippen LogP contribution in [-0.4, -0.2) is 29.3 Å². The van der Waals surface area contributed by atoms with Crippen LogP contribution in [0.15, 0.2) is 42.5 Å². The standard InChI is InChI=1S/C26H36N2O2/c1-6-8-15-27-26(30)24(7-2)28(18-22-13-10-19(3)11-14-22)25(29)17-23-16-20(4)9-12-21(23)5/h9-14,16,24H,6-8,15,17-18H2,1-5H3,(H,27,30). The van der Waals surface area contributed by atoms with Crippen LogP contribution in [0.3, 0.4) is 0 Å². The Labute approximate surface area is 181 Å². The number of amides is 2. The highest BCUT2D eigenvalue weighted by atomic mass is 16.2. The van der Waals surface area contributed by atoms with Gasteiger partial charge in [0.15, 0.2) is 0 Å². The van der Waals surface area contributed by atoms with Gasteiger partial charge in [-0.05, 0) is 50.3 Å². The van der Waals surface area contributed by atoms with Gasteiger partial charge >= 0.3 is 0 Å². The first-order chi connectivity index (χ1) is 14.3. The van der Waals surface area contributed by atoms with E-state index in [4.69, 9.17) is 0 Å². The number of hydrogen-bond donors (Lipinski definition) is 1. The molecule has 0 aliphatic heterocycles. The first kappa shape index (κ1) is 23.7. The van der Waals surface area contributed by atoms with E-state index in [1.54, 1.807) is 4.90 Å². The molecule has 0 fully saturated rings. The monoisotopic (exact) mass is 408 g/mol. The van der Waals surface area contributed by atoms with Crippen LogP contribution in [-0.2, 0) is 22.6 Å². The van der Waals surface area contributed by atoms with E-state index in [-0.39, 0.29) is 11.8 Å². The molecule has 0 bridgehead atoms. The molecule has 2 amide bonds. The molecule has 0 saturated heterocycles. The third-order valence-electron chi connectivity index (χ3n) is 5.54. The highest BCUT2D eigenvalue weighted by molar-refractivity contribution is 5.88. The van der Waals surface area contributed by atoms with Crippen molar-refractivity contribution in [2.75, 3.05) is 6.54 Å². The number of carbonyl (C=O) groups is 2. The molecule has 0 aromatic heterocycles. The molecule has 4 nitrogen and oxygen atoms in total. The summed E-state index contributed by atoms with van der Waals surface area (Å²) in [7, 11) is 0. The number of rotatable bonds is 10. The van der Waals surface area contributed by atoms with Gasteiger partial charge in [0.1, 0.15) is 6.04 Å². The number of hydrogen-bond acceptors (Lipinski definition) is 2. The topological polar surface area (TPSA) is 49.4 Å². The van der Waals surface area contributed by atoms with Crippen molar-refractivity contribution in [3.8, 4) is 0 Å². The second-order valence-corrected chi connectivity index (χ2v) is 8.18. The normalized spacial score (nSPS) is 11.8. The molecule has 0 heterocycles. The van der Waals surface area contributed by atoms with Crippen molar-refractivity contribution in [2.45, 2.75) is 72.9 Å². The summed E-state index contributed by atoms with van der Waals surface area (Å²) in [6.07, 6.45) is 2.85. The third-order valence-corrected chi connectivity index (χ3v) is 5.54. The van der Waals surface area contributed by atoms with Gasteiger partial charge in [-0.2, -0.15) is 0 Å². The summed E-state index contributed by atoms with van der Waals surface area (Å²) in [5.74, 6) is -0.0749. The van der Waals surface area contributed by atoms with Gasteiger partial charge < -0.3 is 10.2 Å². The lowest BCUT2D eigenvalue weighted by molar-refractivity contribution is -0.140. The molecule has 1 atom stereocenters. The predicted molar refractivity (Wildman–Crippen MR) is 123 cm³/mol. The SMILES string of the molecule is CCCCNC(=O)C(CC)N(Cc1ccc(C)cc1)C(=O)Cc1cc(C)ccc1C. The van der Waals surface area contributed by atoms with Crippen molar-refractivity contribution in [2.24, 2.45) is 0 Å². The van der Waals surface area contributed by atoms with Crippen LogP contribution >= 0.6 is 0 Å². The maximum absolute atomic E-state index is 13.4. The fraction of sp³-hybridized carbons (Fsp3) is 0.462. The summed E-state index contributed by atoms with van der Waals surface area (Å²) in [6.45, 7) is 11.3. The summed E-state index contributed by atoms with van der Waals surface area (Å²) in [6, 6.07) is 13.9. The number of aryl methyl sites for hydroxylation is 3. The zero-order valence-electron chi connectivity index (χ0n) is 19.1. The molecule has 1 N–H and O–H groups in total. The quantitative estimate of drug-likeness (QED) is 0.570. The van der Waals surface area contributed by atoms with Crippen LogP contribution in [0.5, 0.6) is 0 Å². The van der Waals surface area contributed by atoms with Gasteiger partial charge in [-0.1, -0.05) is 73.9 Å². The summed E-state index contributed by atoms with van der Waals surface area (Å²) >= 11 is 0. The molecular formula is C26H36N2O2. The summed E-state index contributed by atoms with van der Waals surface area (Å²) in [5.41, 5.74) is 5.48. The molecule has 4 heteroatoms. The summed E-state index contributed by atoms with van der Waals surface area (Å²) in [5, 5.41) is 3.02. The van der Waals surface area contributed by atoms with Gasteiger partial charge in [0.2, 0.25) is 11.8 Å². The number of carbonyl (C=O) groups excluding carboxylic acids is 2. The van der Waals surface area contributed by atoms with Crippen molar-refractivity contribution in [1.29, 1.82) is 0 Å². The average Bonchev–Trinajstić information content (AvgIpc) is 2.72. The van der Waals surface area contributed by atoms with Crippen LogP contribution in [0.4, 0.5) is 0 Å². The minimum Gasteiger partial charge on any atom is -0.354 e. The smallest absolute Gasteiger partial charge is 0.242 e. The Morgan fingerprint density at radius 3 is 2.27 bits per heavy atom. The first-order valence-electron chi connectivity index (χ1n) is 11.0. The third kappa shape index (κ3) is 6.72. The molecule has 162 valence electrons. The van der Waals surface area contributed by atoms with Crippen LogP contribution in [0.25, 0.3) is 0 Å². The van der Waals surface area contributed by atoms with Gasteiger partial charge in [-0.25, -0.2) is 0 Å². The Kier molecular flexibility index (Phi) is 9.10. The van der Waals surface area contributed by atoms with Crippen molar-refractivity contribution in [1.82, 2.24) is 10.2 Å². The van der Waals surface area contributed by atoms with E-state index in [1.165, 1.54) is 5.56 Å². The van der Waals surface area contributed by atoms with Crippen molar-refractivity contribution in [3.63, 3.8) is 0 Å². The lowest BCUT2D eigenvalue weighted by Crippen LogP contribution is -2.49. The molecule has 0 radical (unpaired) electrons. The molecule has 30 heavy (non-hydrogen) atoms. The zero-order valence-corrected chi connectivity index (χ0v) is 19.1. The summed E-state index contributed by atoms with van der Waals surface area (Å²) in [4.78, 5) is 28.1. The lowest BCUT2D eigenvalue weighted by Gasteiger charge is -2.31. The maximum atomic E-state index is 13.4. The number of nitrogens with zero attached hydrogens (tertiary/aromatic N) is 1. The minimum absolute atomic E-state index is 0.0123. The molecule has 0 saturated carbocycles. The van der Waals surface area contributed by atoms with E-state index < -0.39 is 6.04 Å². The van der Waals surface area contributed by atoms with E-state index in [1.807, 2.05) is 52.0 Å². The van der Waals surface area contributed by atoms with E-state index in [0.717, 1.165) is 35.1 Å². The van der Waals surface area contributed by atoms with E-state index in [0.29, 0.717) is 25.9 Å². The number of benzene rings is 2. The molecule has 0 aliphatic rings. The van der Waals surface area contributed by atoms with Crippen molar-refractivity contribution >= 4 is 11.8 Å². The van der Waals surface area contributed by atoms with E-state index in [9.17, 15) is 9.59 Å². The highest BCUT2D eigenvalue weighted by Gasteiger charge is 2.28. The van der Waals surface area contributed by atoms with Gasteiger partial charge in [-0.15, -0.1) is 0 Å². The fourth-order valence-corrected chi connectivity index (χ4v) is 3.57. The number of unbranched alkanes of at least 4 members (excludes halogenated alkanes) is 1. The second kappa shape index (κ2) is 11.5. The maximum Gasteiger partial charge on any atom is 0.242 e. The minimum atomic E-state index is -0.472. The van der Waals surface area contributed by atoms with E-state index >= 15 is 0 Å². The Bertz CT molecular complexity index is 843.